The van der Waals surface area contributed by atoms with Crippen molar-refractivity contribution < 1.29 is 9.50 Å². The number of H-pyrrole nitrogens is 1. The summed E-state index contributed by atoms with van der Waals surface area (Å²) in [5.41, 5.74) is 2.34. The summed E-state index contributed by atoms with van der Waals surface area (Å²) < 4.78 is 13.3. The van der Waals surface area contributed by atoms with Gasteiger partial charge in [-0.15, -0.1) is 0 Å². The predicted octanol–water partition coefficient (Wildman–Crippen LogP) is 1.35. The van der Waals surface area contributed by atoms with Crippen molar-refractivity contribution in [2.24, 2.45) is 0 Å². The molecule has 0 radical (unpaired) electrons. The van der Waals surface area contributed by atoms with Crippen LogP contribution in [0.3, 0.4) is 0 Å². The van der Waals surface area contributed by atoms with Crippen LogP contribution in [0.4, 0.5) is 4.39 Å². The molecule has 2 atom stereocenters. The van der Waals surface area contributed by atoms with Crippen LogP contribution in [0.25, 0.3) is 10.9 Å². The number of alkyl halides is 1. The number of aromatic amines is 1. The van der Waals surface area contributed by atoms with Crippen LogP contribution >= 0.6 is 0 Å². The van der Waals surface area contributed by atoms with Gasteiger partial charge in [0.2, 0.25) is 0 Å². The first-order chi connectivity index (χ1) is 9.52. The standard InChI is InChI=1S/C15H17FN2O2/c1-9-2-3-10-5-11(15(20)17-13(10)4-9)6-18-7-12(16)14(19)8-18/h2-5,12,14,19H,6-8H2,1H3,(H,17,20)/t12-,14-/m1/s1. The number of halogens is 1. The summed E-state index contributed by atoms with van der Waals surface area (Å²) in [5.74, 6) is 0. The van der Waals surface area contributed by atoms with Crippen molar-refractivity contribution in [1.82, 2.24) is 9.88 Å². The lowest BCUT2D eigenvalue weighted by molar-refractivity contribution is 0.115. The highest BCUT2D eigenvalue weighted by molar-refractivity contribution is 5.79. The Kier molecular flexibility index (Phi) is 3.31. The molecule has 2 heterocycles. The van der Waals surface area contributed by atoms with Crippen LogP contribution < -0.4 is 5.56 Å². The molecule has 1 aliphatic heterocycles. The number of pyridine rings is 1. The van der Waals surface area contributed by atoms with E-state index in [2.05, 4.69) is 4.98 Å². The molecule has 0 amide bonds. The molecule has 2 N–H and O–H groups in total. The van der Waals surface area contributed by atoms with Crippen LogP contribution in [0.15, 0.2) is 29.1 Å². The summed E-state index contributed by atoms with van der Waals surface area (Å²) in [6.45, 7) is 2.77. The number of β-amino-alcohol motifs (C(OH)–C–C–N with tert-alkyl or cyclic N) is 1. The first kappa shape index (κ1) is 13.3. The third-order valence-corrected chi connectivity index (χ3v) is 3.77. The number of fused-ring (bicyclic) bond motifs is 1. The monoisotopic (exact) mass is 276 g/mol. The molecular formula is C15H17FN2O2. The van der Waals surface area contributed by atoms with Crippen LogP contribution in [0.1, 0.15) is 11.1 Å². The summed E-state index contributed by atoms with van der Waals surface area (Å²) in [4.78, 5) is 16.7. The Morgan fingerprint density at radius 1 is 1.40 bits per heavy atom. The number of nitrogens with zero attached hydrogens (tertiary/aromatic N) is 1. The lowest BCUT2D eigenvalue weighted by Crippen LogP contribution is -2.25. The van der Waals surface area contributed by atoms with Gasteiger partial charge in [-0.1, -0.05) is 12.1 Å². The number of likely N-dealkylation sites (tertiary alicyclic amines) is 1. The van der Waals surface area contributed by atoms with E-state index in [9.17, 15) is 14.3 Å². The molecule has 5 heteroatoms. The quantitative estimate of drug-likeness (QED) is 0.870. The molecule has 0 saturated carbocycles. The lowest BCUT2D eigenvalue weighted by atomic mass is 10.1. The number of nitrogens with one attached hydrogen (secondary N) is 1. The molecule has 1 fully saturated rings. The van der Waals surface area contributed by atoms with Gasteiger partial charge < -0.3 is 10.1 Å². The minimum absolute atomic E-state index is 0.153. The molecule has 1 aromatic heterocycles. The van der Waals surface area contributed by atoms with Crippen LogP contribution in [0.5, 0.6) is 0 Å². The minimum Gasteiger partial charge on any atom is -0.389 e. The normalized spacial score (nSPS) is 23.6. The summed E-state index contributed by atoms with van der Waals surface area (Å²) in [6, 6.07) is 7.71. The summed E-state index contributed by atoms with van der Waals surface area (Å²) in [7, 11) is 0. The largest absolute Gasteiger partial charge is 0.389 e. The predicted molar refractivity (Wildman–Crippen MR) is 75.5 cm³/mol. The van der Waals surface area contributed by atoms with E-state index in [4.69, 9.17) is 0 Å². The van der Waals surface area contributed by atoms with E-state index >= 15 is 0 Å². The molecule has 0 aliphatic carbocycles. The van der Waals surface area contributed by atoms with Gasteiger partial charge in [-0.25, -0.2) is 4.39 Å². The average molecular weight is 276 g/mol. The Labute approximate surface area is 115 Å². The van der Waals surface area contributed by atoms with E-state index in [-0.39, 0.29) is 18.6 Å². The van der Waals surface area contributed by atoms with Gasteiger partial charge in [0.15, 0.2) is 0 Å². The van der Waals surface area contributed by atoms with Crippen molar-refractivity contribution in [2.75, 3.05) is 13.1 Å². The van der Waals surface area contributed by atoms with Crippen LogP contribution in [-0.4, -0.2) is 40.4 Å². The number of aliphatic hydroxyl groups excluding tert-OH is 1. The fraction of sp³-hybridized carbons (Fsp3) is 0.400. The van der Waals surface area contributed by atoms with Crippen LogP contribution in [0, 0.1) is 6.92 Å². The molecule has 1 aliphatic rings. The van der Waals surface area contributed by atoms with Crippen molar-refractivity contribution in [2.45, 2.75) is 25.7 Å². The van der Waals surface area contributed by atoms with E-state index < -0.39 is 12.3 Å². The highest BCUT2D eigenvalue weighted by atomic mass is 19.1. The Hall–Kier alpha value is -1.72. The topological polar surface area (TPSA) is 56.3 Å². The second-order valence-electron chi connectivity index (χ2n) is 5.49. The third kappa shape index (κ3) is 2.46. The van der Waals surface area contributed by atoms with E-state index in [1.807, 2.05) is 31.2 Å². The molecule has 4 nitrogen and oxygen atoms in total. The van der Waals surface area contributed by atoms with Gasteiger partial charge in [-0.3, -0.25) is 9.69 Å². The van der Waals surface area contributed by atoms with E-state index in [0.29, 0.717) is 12.1 Å². The molecule has 1 saturated heterocycles. The molecule has 1 aromatic carbocycles. The number of benzene rings is 1. The molecule has 0 unspecified atom stereocenters. The Balaban J connectivity index is 1.90. The van der Waals surface area contributed by atoms with Crippen LogP contribution in [-0.2, 0) is 6.54 Å². The van der Waals surface area contributed by atoms with Gasteiger partial charge in [-0.05, 0) is 30.0 Å². The molecule has 3 rings (SSSR count). The summed E-state index contributed by atoms with van der Waals surface area (Å²) in [6.07, 6.45) is -2.17. The maximum atomic E-state index is 13.3. The molecule has 2 aromatic rings. The SMILES string of the molecule is Cc1ccc2cc(CN3C[C@@H](O)[C@H](F)C3)c(=O)[nH]c2c1. The fourth-order valence-corrected chi connectivity index (χ4v) is 2.67. The zero-order valence-electron chi connectivity index (χ0n) is 11.3. The zero-order valence-corrected chi connectivity index (χ0v) is 11.3. The fourth-order valence-electron chi connectivity index (χ4n) is 2.67. The maximum Gasteiger partial charge on any atom is 0.252 e. The minimum atomic E-state index is -1.22. The molecule has 20 heavy (non-hydrogen) atoms. The number of hydrogen-bond donors (Lipinski definition) is 2. The second-order valence-corrected chi connectivity index (χ2v) is 5.49. The molecule has 0 spiro atoms. The van der Waals surface area contributed by atoms with Crippen molar-refractivity contribution in [3.05, 3.63) is 45.7 Å². The third-order valence-electron chi connectivity index (χ3n) is 3.77. The maximum absolute atomic E-state index is 13.3. The van der Waals surface area contributed by atoms with Gasteiger partial charge in [-0.2, -0.15) is 0 Å². The van der Waals surface area contributed by atoms with Crippen molar-refractivity contribution in [1.29, 1.82) is 0 Å². The van der Waals surface area contributed by atoms with E-state index in [1.54, 1.807) is 4.90 Å². The highest BCUT2D eigenvalue weighted by Gasteiger charge is 2.31. The van der Waals surface area contributed by atoms with Crippen LogP contribution in [0.2, 0.25) is 0 Å². The Bertz CT molecular complexity index is 688. The van der Waals surface area contributed by atoms with Crippen molar-refractivity contribution in [3.63, 3.8) is 0 Å². The Morgan fingerprint density at radius 2 is 2.20 bits per heavy atom. The first-order valence-corrected chi connectivity index (χ1v) is 6.70. The van der Waals surface area contributed by atoms with E-state index in [1.165, 1.54) is 0 Å². The molecule has 106 valence electrons. The van der Waals surface area contributed by atoms with Crippen molar-refractivity contribution in [3.8, 4) is 0 Å². The summed E-state index contributed by atoms with van der Waals surface area (Å²) >= 11 is 0. The number of rotatable bonds is 2. The number of aryl methyl sites for hydroxylation is 1. The molecular weight excluding hydrogens is 259 g/mol. The van der Waals surface area contributed by atoms with Gasteiger partial charge in [0, 0.05) is 30.7 Å². The Morgan fingerprint density at radius 3 is 2.90 bits per heavy atom. The van der Waals surface area contributed by atoms with Gasteiger partial charge in [0.1, 0.15) is 6.17 Å². The van der Waals surface area contributed by atoms with Crippen molar-refractivity contribution >= 4 is 10.9 Å². The molecule has 0 bridgehead atoms. The first-order valence-electron chi connectivity index (χ1n) is 6.70. The van der Waals surface area contributed by atoms with Gasteiger partial charge in [0.05, 0.1) is 6.10 Å². The van der Waals surface area contributed by atoms with Gasteiger partial charge in [0.25, 0.3) is 5.56 Å². The second kappa shape index (κ2) is 5.00. The number of aliphatic hydroxyl groups is 1. The number of hydrogen-bond acceptors (Lipinski definition) is 3. The summed E-state index contributed by atoms with van der Waals surface area (Å²) in [5, 5.41) is 10.4. The van der Waals surface area contributed by atoms with Gasteiger partial charge >= 0.3 is 0 Å². The number of aromatic nitrogens is 1. The average Bonchev–Trinajstić information content (AvgIpc) is 2.69. The smallest absolute Gasteiger partial charge is 0.252 e. The van der Waals surface area contributed by atoms with E-state index in [0.717, 1.165) is 16.5 Å². The lowest BCUT2D eigenvalue weighted by Gasteiger charge is -2.14. The zero-order chi connectivity index (χ0) is 14.3. The highest BCUT2D eigenvalue weighted by Crippen LogP contribution is 2.17.